The van der Waals surface area contributed by atoms with Gasteiger partial charge in [-0.15, -0.1) is 0 Å². The molecule has 0 amide bonds. The van der Waals surface area contributed by atoms with Gasteiger partial charge in [0.2, 0.25) is 0 Å². The molecule has 7 heteroatoms. The molecule has 0 aliphatic rings. The SMILES string of the molecule is CC(=O)O.O=P(O)(O)Oc1ccccc1. The van der Waals surface area contributed by atoms with Crippen molar-refractivity contribution in [1.82, 2.24) is 0 Å². The number of carboxylic acid groups (broad SMARTS) is 1. The molecule has 0 aromatic heterocycles. The average Bonchev–Trinajstić information content (AvgIpc) is 2.01. The number of benzene rings is 1. The van der Waals surface area contributed by atoms with Crippen molar-refractivity contribution in [2.24, 2.45) is 0 Å². The molecule has 0 saturated carbocycles. The largest absolute Gasteiger partial charge is 0.524 e. The van der Waals surface area contributed by atoms with Crippen LogP contribution in [0, 0.1) is 0 Å². The summed E-state index contributed by atoms with van der Waals surface area (Å²) >= 11 is 0. The summed E-state index contributed by atoms with van der Waals surface area (Å²) in [4.78, 5) is 25.7. The lowest BCUT2D eigenvalue weighted by Gasteiger charge is -2.04. The minimum absolute atomic E-state index is 0.167. The van der Waals surface area contributed by atoms with E-state index in [1.807, 2.05) is 0 Å². The summed E-state index contributed by atoms with van der Waals surface area (Å²) < 4.78 is 14.5. The number of para-hydroxylation sites is 1. The Morgan fingerprint density at radius 1 is 1.27 bits per heavy atom. The first-order chi connectivity index (χ1) is 6.81. The maximum absolute atomic E-state index is 10.3. The Bertz CT molecular complexity index is 339. The van der Waals surface area contributed by atoms with Gasteiger partial charge in [0.05, 0.1) is 0 Å². The van der Waals surface area contributed by atoms with Crippen LogP contribution >= 0.6 is 7.82 Å². The molecule has 0 aliphatic carbocycles. The van der Waals surface area contributed by atoms with Gasteiger partial charge < -0.3 is 9.63 Å². The van der Waals surface area contributed by atoms with Gasteiger partial charge in [-0.05, 0) is 12.1 Å². The molecule has 1 aromatic carbocycles. The minimum atomic E-state index is -4.39. The van der Waals surface area contributed by atoms with Crippen LogP contribution in [0.2, 0.25) is 0 Å². The number of phosphoric acid groups is 1. The molecule has 0 spiro atoms. The Morgan fingerprint density at radius 3 is 2.00 bits per heavy atom. The zero-order chi connectivity index (χ0) is 11.9. The van der Waals surface area contributed by atoms with Gasteiger partial charge in [0.15, 0.2) is 0 Å². The number of hydrogen-bond donors (Lipinski definition) is 3. The van der Waals surface area contributed by atoms with E-state index in [4.69, 9.17) is 19.7 Å². The summed E-state index contributed by atoms with van der Waals surface area (Å²) in [6.07, 6.45) is 0. The number of phosphoric ester groups is 1. The fourth-order valence-electron chi connectivity index (χ4n) is 0.619. The highest BCUT2D eigenvalue weighted by Gasteiger charge is 2.14. The highest BCUT2D eigenvalue weighted by atomic mass is 31.2. The first-order valence-electron chi connectivity index (χ1n) is 3.81. The number of hydrogen-bond acceptors (Lipinski definition) is 3. The van der Waals surface area contributed by atoms with Crippen LogP contribution in [0.4, 0.5) is 0 Å². The molecule has 0 bridgehead atoms. The van der Waals surface area contributed by atoms with Crippen molar-refractivity contribution in [1.29, 1.82) is 0 Å². The number of rotatable bonds is 2. The maximum Gasteiger partial charge on any atom is 0.524 e. The van der Waals surface area contributed by atoms with Crippen molar-refractivity contribution in [2.75, 3.05) is 0 Å². The Hall–Kier alpha value is -1.36. The maximum atomic E-state index is 10.3. The van der Waals surface area contributed by atoms with Crippen molar-refractivity contribution in [3.63, 3.8) is 0 Å². The summed E-state index contributed by atoms with van der Waals surface area (Å²) in [7, 11) is -4.39. The molecule has 0 saturated heterocycles. The topological polar surface area (TPSA) is 104 Å². The van der Waals surface area contributed by atoms with E-state index in [0.717, 1.165) is 6.92 Å². The van der Waals surface area contributed by atoms with Crippen LogP contribution < -0.4 is 4.52 Å². The lowest BCUT2D eigenvalue weighted by atomic mass is 10.3. The van der Waals surface area contributed by atoms with Crippen LogP contribution in [0.1, 0.15) is 6.92 Å². The van der Waals surface area contributed by atoms with Crippen LogP contribution in [0.25, 0.3) is 0 Å². The Morgan fingerprint density at radius 2 is 1.67 bits per heavy atom. The van der Waals surface area contributed by atoms with Gasteiger partial charge in [-0.3, -0.25) is 14.6 Å². The van der Waals surface area contributed by atoms with Crippen molar-refractivity contribution in [3.8, 4) is 5.75 Å². The summed E-state index contributed by atoms with van der Waals surface area (Å²) in [5.41, 5.74) is 0. The highest BCUT2D eigenvalue weighted by molar-refractivity contribution is 7.46. The first-order valence-corrected chi connectivity index (χ1v) is 5.34. The summed E-state index contributed by atoms with van der Waals surface area (Å²) in [5.74, 6) is -0.666. The predicted molar refractivity (Wildman–Crippen MR) is 52.4 cm³/mol. The zero-order valence-electron chi connectivity index (χ0n) is 7.90. The van der Waals surface area contributed by atoms with Gasteiger partial charge in [-0.25, -0.2) is 4.57 Å². The molecule has 0 atom stereocenters. The molecule has 1 rings (SSSR count). The van der Waals surface area contributed by atoms with Gasteiger partial charge in [0, 0.05) is 6.92 Å². The second-order valence-corrected chi connectivity index (χ2v) is 3.58. The fourth-order valence-corrected chi connectivity index (χ4v) is 1.02. The Labute approximate surface area is 86.4 Å². The Kier molecular flexibility index (Phi) is 5.62. The third-order valence-electron chi connectivity index (χ3n) is 0.968. The highest BCUT2D eigenvalue weighted by Crippen LogP contribution is 2.36. The van der Waals surface area contributed by atoms with E-state index in [1.54, 1.807) is 18.2 Å². The van der Waals surface area contributed by atoms with Gasteiger partial charge in [-0.1, -0.05) is 18.2 Å². The van der Waals surface area contributed by atoms with Crippen LogP contribution in [-0.4, -0.2) is 20.9 Å². The van der Waals surface area contributed by atoms with Gasteiger partial charge in [-0.2, -0.15) is 0 Å². The van der Waals surface area contributed by atoms with E-state index in [1.165, 1.54) is 12.1 Å². The molecule has 0 fully saturated rings. The molecule has 1 aromatic rings. The molecule has 0 heterocycles. The standard InChI is InChI=1S/C6H7O4P.C2H4O2/c7-11(8,9)10-6-4-2-1-3-5-6;1-2(3)4/h1-5H,(H2,7,8,9);1H3,(H,3,4). The number of carbonyl (C=O) groups is 1. The quantitative estimate of drug-likeness (QED) is 0.665. The van der Waals surface area contributed by atoms with Crippen molar-refractivity contribution in [3.05, 3.63) is 30.3 Å². The second kappa shape index (κ2) is 6.19. The van der Waals surface area contributed by atoms with E-state index in [2.05, 4.69) is 4.52 Å². The minimum Gasteiger partial charge on any atom is -0.481 e. The number of carboxylic acids is 1. The van der Waals surface area contributed by atoms with Crippen LogP contribution in [0.15, 0.2) is 30.3 Å². The summed E-state index contributed by atoms with van der Waals surface area (Å²) in [6.45, 7) is 1.08. The van der Waals surface area contributed by atoms with Gasteiger partial charge in [0.25, 0.3) is 5.97 Å². The molecular formula is C8H11O6P. The van der Waals surface area contributed by atoms with Crippen molar-refractivity contribution >= 4 is 13.8 Å². The van der Waals surface area contributed by atoms with Crippen LogP contribution in [0.3, 0.4) is 0 Å². The third kappa shape index (κ3) is 10.6. The monoisotopic (exact) mass is 234 g/mol. The molecule has 15 heavy (non-hydrogen) atoms. The van der Waals surface area contributed by atoms with E-state index in [-0.39, 0.29) is 5.75 Å². The van der Waals surface area contributed by atoms with Crippen molar-refractivity contribution < 1.29 is 28.8 Å². The van der Waals surface area contributed by atoms with E-state index >= 15 is 0 Å². The third-order valence-corrected chi connectivity index (χ3v) is 1.42. The molecule has 6 nitrogen and oxygen atoms in total. The first kappa shape index (κ1) is 13.6. The normalized spacial score (nSPS) is 9.80. The van der Waals surface area contributed by atoms with Crippen molar-refractivity contribution in [2.45, 2.75) is 6.92 Å². The second-order valence-electron chi connectivity index (χ2n) is 2.41. The van der Waals surface area contributed by atoms with Crippen LogP contribution in [-0.2, 0) is 9.36 Å². The van der Waals surface area contributed by atoms with E-state index in [0.29, 0.717) is 0 Å². The molecule has 3 N–H and O–H groups in total. The lowest BCUT2D eigenvalue weighted by molar-refractivity contribution is -0.134. The lowest BCUT2D eigenvalue weighted by Crippen LogP contribution is -1.88. The smallest absolute Gasteiger partial charge is 0.481 e. The predicted octanol–water partition coefficient (Wildman–Crippen LogP) is 1.25. The van der Waals surface area contributed by atoms with Gasteiger partial charge in [0.1, 0.15) is 5.75 Å². The zero-order valence-corrected chi connectivity index (χ0v) is 8.79. The van der Waals surface area contributed by atoms with E-state index < -0.39 is 13.8 Å². The fraction of sp³-hybridized carbons (Fsp3) is 0.125. The van der Waals surface area contributed by atoms with Gasteiger partial charge >= 0.3 is 7.82 Å². The Balaban J connectivity index is 0.000000423. The molecule has 0 aliphatic heterocycles. The molecular weight excluding hydrogens is 223 g/mol. The summed E-state index contributed by atoms with van der Waals surface area (Å²) in [6, 6.07) is 7.93. The van der Waals surface area contributed by atoms with E-state index in [9.17, 15) is 4.57 Å². The average molecular weight is 234 g/mol. The van der Waals surface area contributed by atoms with Crippen LogP contribution in [0.5, 0.6) is 5.75 Å². The molecule has 0 unspecified atom stereocenters. The number of aliphatic carboxylic acids is 1. The molecule has 84 valence electrons. The summed E-state index contributed by atoms with van der Waals surface area (Å²) in [5, 5.41) is 7.42. The molecule has 0 radical (unpaired) electrons.